The van der Waals surface area contributed by atoms with Gasteiger partial charge >= 0.3 is 0 Å². The van der Waals surface area contributed by atoms with Crippen LogP contribution in [-0.2, 0) is 6.42 Å². The van der Waals surface area contributed by atoms with Crippen LogP contribution in [-0.4, -0.2) is 16.7 Å². The van der Waals surface area contributed by atoms with Crippen LogP contribution < -0.4 is 0 Å². The Bertz CT molecular complexity index is 264. The van der Waals surface area contributed by atoms with Gasteiger partial charge in [-0.05, 0) is 12.8 Å². The normalized spacial score (nSPS) is 18.2. The van der Waals surface area contributed by atoms with Gasteiger partial charge in [-0.15, -0.1) is 0 Å². The zero-order valence-corrected chi connectivity index (χ0v) is 7.70. The van der Waals surface area contributed by atoms with Gasteiger partial charge in [0.25, 0.3) is 0 Å². The highest BCUT2D eigenvalue weighted by molar-refractivity contribution is 5.06. The molecular weight excluding hydrogens is 166 g/mol. The second-order valence-corrected chi connectivity index (χ2v) is 3.62. The molecule has 0 saturated heterocycles. The van der Waals surface area contributed by atoms with Crippen LogP contribution in [0.25, 0.3) is 0 Å². The molecule has 1 aliphatic rings. The predicted octanol–water partition coefficient (Wildman–Crippen LogP) is 1.87. The predicted molar refractivity (Wildman–Crippen MR) is 48.5 cm³/mol. The maximum absolute atomic E-state index is 8.69. The monoisotopic (exact) mass is 181 g/mol. The summed E-state index contributed by atoms with van der Waals surface area (Å²) in [6.45, 7) is 0.116. The first kappa shape index (κ1) is 8.75. The van der Waals surface area contributed by atoms with E-state index in [4.69, 9.17) is 9.52 Å². The molecule has 1 aliphatic carbocycles. The van der Waals surface area contributed by atoms with Crippen molar-refractivity contribution in [3.63, 3.8) is 0 Å². The molecule has 0 bridgehead atoms. The number of rotatable bonds is 3. The zero-order chi connectivity index (χ0) is 9.10. The summed E-state index contributed by atoms with van der Waals surface area (Å²) in [4.78, 5) is 4.36. The maximum atomic E-state index is 8.69. The second kappa shape index (κ2) is 3.92. The minimum atomic E-state index is 0.116. The van der Waals surface area contributed by atoms with Gasteiger partial charge in [0.15, 0.2) is 5.89 Å². The van der Waals surface area contributed by atoms with Gasteiger partial charge in [0, 0.05) is 12.3 Å². The van der Waals surface area contributed by atoms with Crippen molar-refractivity contribution in [1.82, 2.24) is 4.98 Å². The number of aromatic nitrogens is 1. The van der Waals surface area contributed by atoms with Crippen LogP contribution in [0.15, 0.2) is 10.7 Å². The summed E-state index contributed by atoms with van der Waals surface area (Å²) in [7, 11) is 0. The van der Waals surface area contributed by atoms with Gasteiger partial charge in [0.2, 0.25) is 0 Å². The van der Waals surface area contributed by atoms with Crippen LogP contribution >= 0.6 is 0 Å². The van der Waals surface area contributed by atoms with Crippen molar-refractivity contribution in [1.29, 1.82) is 0 Å². The Kier molecular flexibility index (Phi) is 2.64. The molecule has 0 aromatic carbocycles. The average molecular weight is 181 g/mol. The van der Waals surface area contributed by atoms with Gasteiger partial charge in [0.1, 0.15) is 6.26 Å². The molecule has 2 rings (SSSR count). The summed E-state index contributed by atoms with van der Waals surface area (Å²) in [6, 6.07) is 0. The minimum absolute atomic E-state index is 0.116. The Morgan fingerprint density at radius 1 is 1.46 bits per heavy atom. The van der Waals surface area contributed by atoms with Crippen molar-refractivity contribution in [2.24, 2.45) is 0 Å². The topological polar surface area (TPSA) is 46.3 Å². The highest BCUT2D eigenvalue weighted by Crippen LogP contribution is 2.33. The van der Waals surface area contributed by atoms with Crippen molar-refractivity contribution in [2.45, 2.75) is 38.0 Å². The molecular formula is C10H15NO2. The molecule has 0 aliphatic heterocycles. The molecule has 3 nitrogen and oxygen atoms in total. The first-order valence-corrected chi connectivity index (χ1v) is 4.95. The Balaban J connectivity index is 2.03. The standard InChI is InChI=1S/C10H15NO2/c12-6-5-10-11-9(7-13-10)8-3-1-2-4-8/h7-8,12H,1-6H2. The van der Waals surface area contributed by atoms with E-state index in [0.717, 1.165) is 5.69 Å². The summed E-state index contributed by atoms with van der Waals surface area (Å²) in [5, 5.41) is 8.69. The molecule has 0 amide bonds. The molecule has 0 atom stereocenters. The van der Waals surface area contributed by atoms with Crippen LogP contribution in [0.2, 0.25) is 0 Å². The van der Waals surface area contributed by atoms with Gasteiger partial charge in [0.05, 0.1) is 12.3 Å². The SMILES string of the molecule is OCCc1nc(C2CCCC2)co1. The Hall–Kier alpha value is -0.830. The lowest BCUT2D eigenvalue weighted by molar-refractivity contribution is 0.285. The van der Waals surface area contributed by atoms with Crippen LogP contribution in [0, 0.1) is 0 Å². The quantitative estimate of drug-likeness (QED) is 0.774. The summed E-state index contributed by atoms with van der Waals surface area (Å²) in [6.07, 6.45) is 7.39. The molecule has 0 unspecified atom stereocenters. The lowest BCUT2D eigenvalue weighted by Gasteiger charge is -2.01. The summed E-state index contributed by atoms with van der Waals surface area (Å²) in [5.41, 5.74) is 1.08. The molecule has 13 heavy (non-hydrogen) atoms. The van der Waals surface area contributed by atoms with Gasteiger partial charge in [-0.1, -0.05) is 12.8 Å². The van der Waals surface area contributed by atoms with Crippen LogP contribution in [0.3, 0.4) is 0 Å². The number of hydrogen-bond acceptors (Lipinski definition) is 3. The largest absolute Gasteiger partial charge is 0.449 e. The highest BCUT2D eigenvalue weighted by atomic mass is 16.3. The number of hydrogen-bond donors (Lipinski definition) is 1. The van der Waals surface area contributed by atoms with Gasteiger partial charge in [-0.3, -0.25) is 0 Å². The molecule has 1 heterocycles. The number of oxazole rings is 1. The van der Waals surface area contributed by atoms with E-state index in [9.17, 15) is 0 Å². The van der Waals surface area contributed by atoms with Crippen LogP contribution in [0.1, 0.15) is 43.2 Å². The van der Waals surface area contributed by atoms with Crippen molar-refractivity contribution in [3.8, 4) is 0 Å². The minimum Gasteiger partial charge on any atom is -0.449 e. The third-order valence-electron chi connectivity index (χ3n) is 2.67. The fourth-order valence-corrected chi connectivity index (χ4v) is 1.94. The molecule has 0 spiro atoms. The molecule has 72 valence electrons. The van der Waals surface area contributed by atoms with E-state index in [1.807, 2.05) is 0 Å². The van der Waals surface area contributed by atoms with Crippen molar-refractivity contribution in [2.75, 3.05) is 6.61 Å². The van der Waals surface area contributed by atoms with E-state index in [-0.39, 0.29) is 6.61 Å². The van der Waals surface area contributed by atoms with Crippen molar-refractivity contribution < 1.29 is 9.52 Å². The fraction of sp³-hybridized carbons (Fsp3) is 0.700. The van der Waals surface area contributed by atoms with Crippen LogP contribution in [0.4, 0.5) is 0 Å². The number of aliphatic hydroxyl groups excluding tert-OH is 1. The second-order valence-electron chi connectivity index (χ2n) is 3.62. The van der Waals surface area contributed by atoms with Crippen LogP contribution in [0.5, 0.6) is 0 Å². The third-order valence-corrected chi connectivity index (χ3v) is 2.67. The first-order chi connectivity index (χ1) is 6.40. The molecule has 1 saturated carbocycles. The average Bonchev–Trinajstić information content (AvgIpc) is 2.70. The highest BCUT2D eigenvalue weighted by Gasteiger charge is 2.20. The molecule has 1 N–H and O–H groups in total. The van der Waals surface area contributed by atoms with E-state index in [1.165, 1.54) is 25.7 Å². The van der Waals surface area contributed by atoms with Gasteiger partial charge < -0.3 is 9.52 Å². The molecule has 1 aromatic heterocycles. The lowest BCUT2D eigenvalue weighted by Crippen LogP contribution is -1.94. The fourth-order valence-electron chi connectivity index (χ4n) is 1.94. The zero-order valence-electron chi connectivity index (χ0n) is 7.70. The molecule has 1 fully saturated rings. The van der Waals surface area contributed by atoms with E-state index >= 15 is 0 Å². The Morgan fingerprint density at radius 2 is 2.23 bits per heavy atom. The molecule has 0 radical (unpaired) electrons. The number of aliphatic hydroxyl groups is 1. The molecule has 1 aromatic rings. The van der Waals surface area contributed by atoms with E-state index < -0.39 is 0 Å². The third kappa shape index (κ3) is 1.91. The van der Waals surface area contributed by atoms with Crippen molar-refractivity contribution >= 4 is 0 Å². The van der Waals surface area contributed by atoms with E-state index in [0.29, 0.717) is 18.2 Å². The van der Waals surface area contributed by atoms with E-state index in [1.54, 1.807) is 6.26 Å². The maximum Gasteiger partial charge on any atom is 0.196 e. The van der Waals surface area contributed by atoms with Gasteiger partial charge in [-0.25, -0.2) is 4.98 Å². The Morgan fingerprint density at radius 3 is 2.92 bits per heavy atom. The smallest absolute Gasteiger partial charge is 0.196 e. The Labute approximate surface area is 77.8 Å². The summed E-state index contributed by atoms with van der Waals surface area (Å²) in [5.74, 6) is 1.28. The van der Waals surface area contributed by atoms with Gasteiger partial charge in [-0.2, -0.15) is 0 Å². The summed E-state index contributed by atoms with van der Waals surface area (Å²) < 4.78 is 5.25. The summed E-state index contributed by atoms with van der Waals surface area (Å²) >= 11 is 0. The molecule has 3 heteroatoms. The lowest BCUT2D eigenvalue weighted by atomic mass is 10.1. The van der Waals surface area contributed by atoms with Crippen molar-refractivity contribution in [3.05, 3.63) is 17.8 Å². The number of nitrogens with zero attached hydrogens (tertiary/aromatic N) is 1. The van der Waals surface area contributed by atoms with E-state index in [2.05, 4.69) is 4.98 Å². The first-order valence-electron chi connectivity index (χ1n) is 4.95.